The van der Waals surface area contributed by atoms with E-state index in [0.717, 1.165) is 0 Å². The molecule has 13 heavy (non-hydrogen) atoms. The minimum Gasteiger partial charge on any atom is -0.417 e. The lowest BCUT2D eigenvalue weighted by Crippen LogP contribution is -2.62. The lowest BCUT2D eigenvalue weighted by Gasteiger charge is -2.46. The van der Waals surface area contributed by atoms with Crippen molar-refractivity contribution in [3.05, 3.63) is 0 Å². The van der Waals surface area contributed by atoms with Gasteiger partial charge in [0.25, 0.3) is 0 Å². The van der Waals surface area contributed by atoms with E-state index in [2.05, 4.69) is 40.0 Å². The van der Waals surface area contributed by atoms with Crippen LogP contribution in [-0.4, -0.2) is 21.5 Å². The smallest absolute Gasteiger partial charge is 0.174 e. The number of hydrogen-bond donors (Lipinski definition) is 0. The summed E-state index contributed by atoms with van der Waals surface area (Å²) in [5.74, 6) is 0.705. The van der Waals surface area contributed by atoms with E-state index in [9.17, 15) is 0 Å². The molecule has 0 N–H and O–H groups in total. The summed E-state index contributed by atoms with van der Waals surface area (Å²) in [6.07, 6.45) is 1.87. The van der Waals surface area contributed by atoms with E-state index in [-0.39, 0.29) is 0 Å². The SMILES string of the molecule is CC(C)C1CC[Si](C)(C)[Si](C)(C)O1. The zero-order chi connectivity index (χ0) is 10.3. The standard InChI is InChI=1S/C10H24OSi2/c1-9(2)10-7-8-12(3,4)13(5,6)11-10/h9-10H,7-8H2,1-6H3. The molecule has 0 amide bonds. The van der Waals surface area contributed by atoms with Gasteiger partial charge in [-0.1, -0.05) is 33.0 Å². The first-order valence-electron chi connectivity index (χ1n) is 5.44. The fourth-order valence-electron chi connectivity index (χ4n) is 1.87. The lowest BCUT2D eigenvalue weighted by atomic mass is 10.1. The quantitative estimate of drug-likeness (QED) is 0.610. The number of rotatable bonds is 1. The summed E-state index contributed by atoms with van der Waals surface area (Å²) >= 11 is 0. The molecule has 1 fully saturated rings. The molecule has 1 atom stereocenters. The van der Waals surface area contributed by atoms with E-state index >= 15 is 0 Å². The van der Waals surface area contributed by atoms with Gasteiger partial charge < -0.3 is 4.43 Å². The van der Waals surface area contributed by atoms with Crippen molar-refractivity contribution in [2.75, 3.05) is 0 Å². The maximum Gasteiger partial charge on any atom is 0.174 e. The zero-order valence-corrected chi connectivity index (χ0v) is 12.0. The van der Waals surface area contributed by atoms with E-state index < -0.39 is 15.4 Å². The highest BCUT2D eigenvalue weighted by Crippen LogP contribution is 2.35. The normalized spacial score (nSPS) is 32.1. The zero-order valence-electron chi connectivity index (χ0n) is 9.98. The Morgan fingerprint density at radius 1 is 1.15 bits per heavy atom. The van der Waals surface area contributed by atoms with Crippen molar-refractivity contribution in [3.8, 4) is 0 Å². The molecule has 78 valence electrons. The van der Waals surface area contributed by atoms with Crippen molar-refractivity contribution >= 4 is 15.4 Å². The van der Waals surface area contributed by atoms with Crippen LogP contribution in [0, 0.1) is 5.92 Å². The average molecular weight is 216 g/mol. The largest absolute Gasteiger partial charge is 0.417 e. The Morgan fingerprint density at radius 2 is 1.69 bits per heavy atom. The fraction of sp³-hybridized carbons (Fsp3) is 1.00. The molecule has 0 bridgehead atoms. The second-order valence-electron chi connectivity index (χ2n) is 5.83. The summed E-state index contributed by atoms with van der Waals surface area (Å²) < 4.78 is 6.35. The Labute approximate surface area is 84.8 Å². The molecule has 1 heterocycles. The Hall–Kier alpha value is 0.394. The fourth-order valence-corrected chi connectivity index (χ4v) is 8.60. The topological polar surface area (TPSA) is 9.23 Å². The summed E-state index contributed by atoms with van der Waals surface area (Å²) in [5, 5.41) is 0. The van der Waals surface area contributed by atoms with E-state index in [1.165, 1.54) is 12.5 Å². The second kappa shape index (κ2) is 3.52. The highest BCUT2D eigenvalue weighted by atomic mass is 29.3. The average Bonchev–Trinajstić information content (AvgIpc) is 1.94. The maximum absolute atomic E-state index is 6.35. The van der Waals surface area contributed by atoms with E-state index in [1.54, 1.807) is 0 Å². The van der Waals surface area contributed by atoms with E-state index in [1.807, 2.05) is 0 Å². The molecule has 1 saturated heterocycles. The van der Waals surface area contributed by atoms with Crippen LogP contribution in [0.3, 0.4) is 0 Å². The molecule has 0 aromatic carbocycles. The Kier molecular flexibility index (Phi) is 3.10. The third-order valence-electron chi connectivity index (χ3n) is 3.87. The number of hydrogen-bond acceptors (Lipinski definition) is 1. The highest BCUT2D eigenvalue weighted by Gasteiger charge is 2.47. The molecular formula is C10H24OSi2. The van der Waals surface area contributed by atoms with Gasteiger partial charge in [-0.05, 0) is 25.4 Å². The summed E-state index contributed by atoms with van der Waals surface area (Å²) in [6, 6.07) is 1.48. The molecule has 3 heteroatoms. The molecule has 0 aliphatic carbocycles. The predicted molar refractivity (Wildman–Crippen MR) is 64.1 cm³/mol. The lowest BCUT2D eigenvalue weighted by molar-refractivity contribution is 0.136. The van der Waals surface area contributed by atoms with Gasteiger partial charge in [0.05, 0.1) is 7.59 Å². The predicted octanol–water partition coefficient (Wildman–Crippen LogP) is 3.42. The van der Waals surface area contributed by atoms with Gasteiger partial charge in [-0.15, -0.1) is 0 Å². The van der Waals surface area contributed by atoms with E-state index in [0.29, 0.717) is 12.0 Å². The van der Waals surface area contributed by atoms with Crippen LogP contribution in [0.1, 0.15) is 20.3 Å². The first-order valence-corrected chi connectivity index (χ1v) is 12.6. The van der Waals surface area contributed by atoms with Crippen molar-refractivity contribution in [1.82, 2.24) is 0 Å². The molecule has 1 aliphatic rings. The van der Waals surface area contributed by atoms with Crippen molar-refractivity contribution in [2.45, 2.75) is 58.6 Å². The molecule has 0 radical (unpaired) electrons. The van der Waals surface area contributed by atoms with Crippen molar-refractivity contribution < 1.29 is 4.43 Å². The molecule has 0 saturated carbocycles. The van der Waals surface area contributed by atoms with Crippen molar-refractivity contribution in [3.63, 3.8) is 0 Å². The molecule has 1 nitrogen and oxygen atoms in total. The first kappa shape index (κ1) is 11.5. The Bertz CT molecular complexity index is 187. The van der Waals surface area contributed by atoms with Crippen molar-refractivity contribution in [2.24, 2.45) is 5.92 Å². The van der Waals surface area contributed by atoms with Crippen LogP contribution < -0.4 is 0 Å². The summed E-state index contributed by atoms with van der Waals surface area (Å²) in [7, 11) is -2.29. The summed E-state index contributed by atoms with van der Waals surface area (Å²) in [6.45, 7) is 14.4. The van der Waals surface area contributed by atoms with Crippen LogP contribution in [0.2, 0.25) is 32.2 Å². The summed E-state index contributed by atoms with van der Waals surface area (Å²) in [5.41, 5.74) is 0. The third kappa shape index (κ3) is 2.25. The van der Waals surface area contributed by atoms with Crippen molar-refractivity contribution in [1.29, 1.82) is 0 Å². The molecule has 1 aliphatic heterocycles. The van der Waals surface area contributed by atoms with Gasteiger partial charge in [0.2, 0.25) is 0 Å². The molecule has 0 aromatic rings. The van der Waals surface area contributed by atoms with Gasteiger partial charge in [0, 0.05) is 6.10 Å². The highest BCUT2D eigenvalue weighted by molar-refractivity contribution is 7.38. The monoisotopic (exact) mass is 216 g/mol. The van der Waals surface area contributed by atoms with Gasteiger partial charge in [-0.3, -0.25) is 0 Å². The van der Waals surface area contributed by atoms with Crippen LogP contribution in [-0.2, 0) is 4.43 Å². The van der Waals surface area contributed by atoms with E-state index in [4.69, 9.17) is 4.43 Å². The molecule has 0 aromatic heterocycles. The third-order valence-corrected chi connectivity index (χ3v) is 20.4. The van der Waals surface area contributed by atoms with Gasteiger partial charge in [-0.2, -0.15) is 0 Å². The van der Waals surface area contributed by atoms with Gasteiger partial charge >= 0.3 is 0 Å². The summed E-state index contributed by atoms with van der Waals surface area (Å²) in [4.78, 5) is 0. The van der Waals surface area contributed by atoms with Gasteiger partial charge in [-0.25, -0.2) is 0 Å². The van der Waals surface area contributed by atoms with Gasteiger partial charge in [0.1, 0.15) is 0 Å². The minimum atomic E-state index is -1.31. The van der Waals surface area contributed by atoms with Crippen LogP contribution in [0.15, 0.2) is 0 Å². The Balaban J connectivity index is 2.71. The molecular weight excluding hydrogens is 192 g/mol. The molecule has 1 rings (SSSR count). The van der Waals surface area contributed by atoms with Gasteiger partial charge in [0.15, 0.2) is 7.83 Å². The second-order valence-corrected chi connectivity index (χ2v) is 21.0. The maximum atomic E-state index is 6.35. The molecule has 1 unspecified atom stereocenters. The molecule has 0 spiro atoms. The van der Waals surface area contributed by atoms with Crippen LogP contribution in [0.25, 0.3) is 0 Å². The minimum absolute atomic E-state index is 0.558. The van der Waals surface area contributed by atoms with Crippen LogP contribution >= 0.6 is 0 Å². The van der Waals surface area contributed by atoms with Crippen LogP contribution in [0.5, 0.6) is 0 Å². The van der Waals surface area contributed by atoms with Crippen LogP contribution in [0.4, 0.5) is 0 Å². The Morgan fingerprint density at radius 3 is 2.08 bits per heavy atom. The first-order chi connectivity index (χ1) is 5.76.